The van der Waals surface area contributed by atoms with Gasteiger partial charge in [-0.05, 0) is 6.07 Å². The number of nitrogens with one attached hydrogen (secondary N) is 1. The minimum atomic E-state index is 0. The van der Waals surface area contributed by atoms with Gasteiger partial charge in [-0.2, -0.15) is 0 Å². The Bertz CT molecular complexity index is 446. The third-order valence-corrected chi connectivity index (χ3v) is 4.90. The Balaban J connectivity index is 0.00000110. The lowest BCUT2D eigenvalue weighted by molar-refractivity contribution is -0.685. The number of pyridine rings is 1. The lowest BCUT2D eigenvalue weighted by atomic mass is 10.2. The van der Waals surface area contributed by atoms with Crippen molar-refractivity contribution >= 4 is 17.7 Å². The number of morpholine rings is 1. The third-order valence-electron chi connectivity index (χ3n) is 3.56. The topological polar surface area (TPSA) is 60.3 Å². The Kier molecular flexibility index (Phi) is 7.76. The standard InChI is InChI=1S/C13H17N3O2S.2ClH/c17-13(16-4-6-18-7-5-16)11-9-19-12(15-11)10-2-1-3-14-8-10;;/h1-3,8,11-12,15H,4-7,9H2;2*1H/t11-,12?;;/m0../s1. The van der Waals surface area contributed by atoms with Crippen molar-refractivity contribution in [2.75, 3.05) is 32.1 Å². The molecule has 3 heterocycles. The number of carbonyl (C=O) groups excluding carboxylic acids is 1. The van der Waals surface area contributed by atoms with E-state index in [0.29, 0.717) is 18.6 Å². The normalized spacial score (nSPS) is 24.9. The number of carbonyl (C=O) groups is 1. The summed E-state index contributed by atoms with van der Waals surface area (Å²) in [5.41, 5.74) is 1.24. The molecule has 1 aromatic heterocycles. The van der Waals surface area contributed by atoms with Crippen LogP contribution in [0, 0.1) is 0 Å². The van der Waals surface area contributed by atoms with Crippen LogP contribution in [-0.4, -0.2) is 48.9 Å². The maximum Gasteiger partial charge on any atom is 0.281 e. The number of rotatable bonds is 2. The van der Waals surface area contributed by atoms with Crippen molar-refractivity contribution in [3.05, 3.63) is 30.1 Å². The van der Waals surface area contributed by atoms with E-state index >= 15 is 0 Å². The lowest BCUT2D eigenvalue weighted by Crippen LogP contribution is -3.00. The number of aromatic amines is 1. The number of hydrogen-bond acceptors (Lipinski definition) is 3. The Hall–Kier alpha value is -0.530. The summed E-state index contributed by atoms with van der Waals surface area (Å²) < 4.78 is 5.29. The average Bonchev–Trinajstić information content (AvgIpc) is 2.98. The van der Waals surface area contributed by atoms with Gasteiger partial charge in [0.2, 0.25) is 0 Å². The van der Waals surface area contributed by atoms with Crippen molar-refractivity contribution in [1.82, 2.24) is 4.90 Å². The highest BCUT2D eigenvalue weighted by Crippen LogP contribution is 2.26. The SMILES string of the molecule is O=C([C@@H]1CSC(c2ccc[nH+]c2)[NH2+]1)N1CCOCC1.[Cl-].[Cl-]. The van der Waals surface area contributed by atoms with Crippen LogP contribution in [0.1, 0.15) is 10.9 Å². The number of quaternary nitrogens is 1. The van der Waals surface area contributed by atoms with Crippen molar-refractivity contribution in [2.45, 2.75) is 11.4 Å². The second kappa shape index (κ2) is 8.80. The highest BCUT2D eigenvalue weighted by molar-refractivity contribution is 7.99. The van der Waals surface area contributed by atoms with Crippen molar-refractivity contribution in [3.63, 3.8) is 0 Å². The summed E-state index contributed by atoms with van der Waals surface area (Å²) in [5, 5.41) is 2.51. The molecule has 21 heavy (non-hydrogen) atoms. The minimum Gasteiger partial charge on any atom is -1.00 e. The molecule has 5 nitrogen and oxygen atoms in total. The summed E-state index contributed by atoms with van der Waals surface area (Å²) in [6.45, 7) is 2.81. The maximum absolute atomic E-state index is 12.4. The van der Waals surface area contributed by atoms with E-state index in [-0.39, 0.29) is 36.8 Å². The molecular weight excluding hydrogens is 333 g/mol. The summed E-state index contributed by atoms with van der Waals surface area (Å²) in [7, 11) is 0. The smallest absolute Gasteiger partial charge is 0.281 e. The van der Waals surface area contributed by atoms with Crippen molar-refractivity contribution in [1.29, 1.82) is 0 Å². The molecule has 1 aromatic rings. The fourth-order valence-electron chi connectivity index (χ4n) is 2.49. The van der Waals surface area contributed by atoms with Crippen LogP contribution >= 0.6 is 11.8 Å². The molecule has 3 N–H and O–H groups in total. The van der Waals surface area contributed by atoms with E-state index in [1.54, 1.807) is 0 Å². The molecule has 0 spiro atoms. The van der Waals surface area contributed by atoms with Crippen LogP contribution < -0.4 is 35.1 Å². The van der Waals surface area contributed by atoms with Gasteiger partial charge in [0.1, 0.15) is 0 Å². The second-order valence-electron chi connectivity index (χ2n) is 4.83. The first kappa shape index (κ1) is 18.5. The van der Waals surface area contributed by atoms with Gasteiger partial charge in [0.15, 0.2) is 23.8 Å². The number of aromatic nitrogens is 1. The highest BCUT2D eigenvalue weighted by atomic mass is 35.5. The molecule has 2 saturated heterocycles. The van der Waals surface area contributed by atoms with E-state index in [1.165, 1.54) is 5.56 Å². The number of amides is 1. The largest absolute Gasteiger partial charge is 1.00 e. The summed E-state index contributed by atoms with van der Waals surface area (Å²) in [4.78, 5) is 17.4. The number of nitrogens with two attached hydrogens (primary N) is 1. The van der Waals surface area contributed by atoms with Gasteiger partial charge in [0.25, 0.3) is 5.91 Å². The summed E-state index contributed by atoms with van der Waals surface area (Å²) in [6.07, 6.45) is 3.91. The van der Waals surface area contributed by atoms with Crippen LogP contribution in [-0.2, 0) is 9.53 Å². The number of halogens is 2. The van der Waals surface area contributed by atoms with Crippen LogP contribution in [0.25, 0.3) is 0 Å². The number of hydrogen-bond donors (Lipinski definition) is 1. The zero-order valence-electron chi connectivity index (χ0n) is 11.5. The molecule has 0 aromatic carbocycles. The molecule has 0 aliphatic carbocycles. The van der Waals surface area contributed by atoms with Gasteiger partial charge in [-0.3, -0.25) is 4.79 Å². The fraction of sp³-hybridized carbons (Fsp3) is 0.538. The van der Waals surface area contributed by atoms with E-state index < -0.39 is 0 Å². The predicted molar refractivity (Wildman–Crippen MR) is 71.3 cm³/mol. The van der Waals surface area contributed by atoms with Crippen LogP contribution in [0.3, 0.4) is 0 Å². The molecule has 0 bridgehead atoms. The molecular formula is C13H19Cl2N3O2S. The summed E-state index contributed by atoms with van der Waals surface area (Å²) in [5.74, 6) is 1.15. The maximum atomic E-state index is 12.4. The van der Waals surface area contributed by atoms with E-state index in [0.717, 1.165) is 18.8 Å². The number of H-pyrrole nitrogens is 1. The quantitative estimate of drug-likeness (QED) is 0.576. The van der Waals surface area contributed by atoms with Crippen molar-refractivity contribution in [3.8, 4) is 0 Å². The molecule has 1 amide bonds. The second-order valence-corrected chi connectivity index (χ2v) is 6.00. The molecule has 2 aliphatic heterocycles. The van der Waals surface area contributed by atoms with E-state index in [1.807, 2.05) is 35.1 Å². The van der Waals surface area contributed by atoms with Crippen LogP contribution in [0.4, 0.5) is 0 Å². The molecule has 2 aliphatic rings. The van der Waals surface area contributed by atoms with Crippen LogP contribution in [0.2, 0.25) is 0 Å². The van der Waals surface area contributed by atoms with Crippen molar-refractivity contribution in [2.24, 2.45) is 0 Å². The first-order valence-corrected chi connectivity index (χ1v) is 7.68. The number of ether oxygens (including phenoxy) is 1. The summed E-state index contributed by atoms with van der Waals surface area (Å²) in [6, 6.07) is 4.15. The molecule has 3 rings (SSSR count). The molecule has 2 fully saturated rings. The van der Waals surface area contributed by atoms with Gasteiger partial charge in [-0.25, -0.2) is 4.98 Å². The average molecular weight is 352 g/mol. The molecule has 2 atom stereocenters. The number of nitrogens with zero attached hydrogens (tertiary/aromatic N) is 1. The van der Waals surface area contributed by atoms with Gasteiger partial charge in [-0.15, -0.1) is 0 Å². The first-order valence-electron chi connectivity index (χ1n) is 6.64. The monoisotopic (exact) mass is 351 g/mol. The molecule has 8 heteroatoms. The Labute approximate surface area is 141 Å². The van der Waals surface area contributed by atoms with Gasteiger partial charge in [0, 0.05) is 19.2 Å². The molecule has 0 radical (unpaired) electrons. The molecule has 118 valence electrons. The fourth-order valence-corrected chi connectivity index (χ4v) is 3.80. The van der Waals surface area contributed by atoms with E-state index in [2.05, 4.69) is 16.4 Å². The van der Waals surface area contributed by atoms with Gasteiger partial charge in [0.05, 0.1) is 24.5 Å². The van der Waals surface area contributed by atoms with E-state index in [9.17, 15) is 4.79 Å². The van der Waals surface area contributed by atoms with Gasteiger partial charge >= 0.3 is 0 Å². The Morgan fingerprint density at radius 2 is 2.14 bits per heavy atom. The first-order chi connectivity index (χ1) is 9.34. The van der Waals surface area contributed by atoms with Crippen LogP contribution in [0.5, 0.6) is 0 Å². The molecule has 1 unspecified atom stereocenters. The third kappa shape index (κ3) is 4.47. The van der Waals surface area contributed by atoms with Crippen molar-refractivity contribution < 1.29 is 44.6 Å². The Morgan fingerprint density at radius 3 is 2.81 bits per heavy atom. The van der Waals surface area contributed by atoms with Gasteiger partial charge < -0.3 is 39.8 Å². The zero-order valence-corrected chi connectivity index (χ0v) is 13.8. The van der Waals surface area contributed by atoms with Crippen LogP contribution in [0.15, 0.2) is 24.5 Å². The Morgan fingerprint density at radius 1 is 1.38 bits per heavy atom. The summed E-state index contributed by atoms with van der Waals surface area (Å²) >= 11 is 1.84. The predicted octanol–water partition coefficient (Wildman–Crippen LogP) is -6.96. The molecule has 0 saturated carbocycles. The van der Waals surface area contributed by atoms with Gasteiger partial charge in [-0.1, -0.05) is 11.8 Å². The number of thioether (sulfide) groups is 1. The lowest BCUT2D eigenvalue weighted by Gasteiger charge is -2.27. The minimum absolute atomic E-state index is 0. The highest BCUT2D eigenvalue weighted by Gasteiger charge is 2.38. The van der Waals surface area contributed by atoms with E-state index in [4.69, 9.17) is 4.74 Å². The zero-order chi connectivity index (χ0) is 13.1.